The van der Waals surface area contributed by atoms with Crippen molar-refractivity contribution in [3.63, 3.8) is 0 Å². The van der Waals surface area contributed by atoms with Crippen molar-refractivity contribution < 1.29 is 18.8 Å². The summed E-state index contributed by atoms with van der Waals surface area (Å²) < 4.78 is 4.73. The van der Waals surface area contributed by atoms with E-state index in [0.29, 0.717) is 19.4 Å². The highest BCUT2D eigenvalue weighted by Crippen LogP contribution is 2.17. The van der Waals surface area contributed by atoms with E-state index >= 15 is 0 Å². The molecule has 4 N–H and O–H groups in total. The van der Waals surface area contributed by atoms with Gasteiger partial charge in [-0.25, -0.2) is 0 Å². The first kappa shape index (κ1) is 21.1. The van der Waals surface area contributed by atoms with E-state index in [1.807, 2.05) is 30.3 Å². The monoisotopic (exact) mass is 380 g/mol. The standard InChI is InChI=1S/C19H32N2O4Si/c1-25-26(23,24)14-8-13-20-18(15-16-9-4-2-5-10-16)19(22)21-17-11-6-3-7-12-17/h2,4-5,9-10,17-18,20,23-24H,3,6-8,11-15H2,1H3,(H,21,22). The quantitative estimate of drug-likeness (QED) is 0.366. The minimum atomic E-state index is -3.53. The van der Waals surface area contributed by atoms with Gasteiger partial charge in [-0.3, -0.25) is 4.79 Å². The summed E-state index contributed by atoms with van der Waals surface area (Å²) in [4.78, 5) is 32.0. The van der Waals surface area contributed by atoms with Crippen LogP contribution in [0.3, 0.4) is 0 Å². The molecule has 7 heteroatoms. The molecule has 146 valence electrons. The molecule has 1 aromatic rings. The predicted molar refractivity (Wildman–Crippen MR) is 104 cm³/mol. The summed E-state index contributed by atoms with van der Waals surface area (Å²) in [6, 6.07) is 10.1. The zero-order valence-electron chi connectivity index (χ0n) is 15.6. The van der Waals surface area contributed by atoms with Gasteiger partial charge in [-0.05, 0) is 37.8 Å². The van der Waals surface area contributed by atoms with Crippen LogP contribution in [0.1, 0.15) is 44.1 Å². The first-order valence-corrected chi connectivity index (χ1v) is 11.6. The lowest BCUT2D eigenvalue weighted by Gasteiger charge is -2.26. The Labute approximate surface area is 157 Å². The first-order valence-electron chi connectivity index (χ1n) is 9.58. The molecule has 0 bridgehead atoms. The number of carbonyl (C=O) groups is 1. The lowest BCUT2D eigenvalue weighted by Crippen LogP contribution is -2.49. The zero-order chi connectivity index (χ0) is 18.8. The molecule has 1 aromatic carbocycles. The number of benzene rings is 1. The van der Waals surface area contributed by atoms with Crippen LogP contribution in [0.2, 0.25) is 6.04 Å². The van der Waals surface area contributed by atoms with Gasteiger partial charge in [0.05, 0.1) is 6.04 Å². The topological polar surface area (TPSA) is 90.8 Å². The van der Waals surface area contributed by atoms with Gasteiger partial charge in [-0.15, -0.1) is 0 Å². The van der Waals surface area contributed by atoms with Crippen molar-refractivity contribution in [1.29, 1.82) is 0 Å². The Morgan fingerprint density at radius 1 is 1.23 bits per heavy atom. The van der Waals surface area contributed by atoms with Crippen molar-refractivity contribution in [1.82, 2.24) is 10.6 Å². The molecule has 1 atom stereocenters. The normalized spacial score (nSPS) is 17.0. The van der Waals surface area contributed by atoms with Crippen LogP contribution in [0.4, 0.5) is 0 Å². The smallest absolute Gasteiger partial charge is 0.390 e. The second-order valence-electron chi connectivity index (χ2n) is 7.09. The van der Waals surface area contributed by atoms with Gasteiger partial charge in [0.1, 0.15) is 0 Å². The Hall–Kier alpha value is -1.25. The van der Waals surface area contributed by atoms with Gasteiger partial charge in [0, 0.05) is 19.2 Å². The molecule has 0 aromatic heterocycles. The van der Waals surface area contributed by atoms with Crippen LogP contribution in [0.15, 0.2) is 30.3 Å². The maximum absolute atomic E-state index is 12.8. The molecule has 1 saturated carbocycles. The molecule has 6 nitrogen and oxygen atoms in total. The van der Waals surface area contributed by atoms with Crippen molar-refractivity contribution in [2.45, 2.75) is 63.1 Å². The Bertz CT molecular complexity index is 536. The van der Waals surface area contributed by atoms with Gasteiger partial charge in [-0.2, -0.15) is 0 Å². The summed E-state index contributed by atoms with van der Waals surface area (Å²) >= 11 is 0. The van der Waals surface area contributed by atoms with Crippen molar-refractivity contribution in [2.75, 3.05) is 13.7 Å². The minimum absolute atomic E-state index is 0.0315. The lowest BCUT2D eigenvalue weighted by atomic mass is 9.95. The molecule has 26 heavy (non-hydrogen) atoms. The molecule has 0 radical (unpaired) electrons. The van der Waals surface area contributed by atoms with Gasteiger partial charge in [0.15, 0.2) is 0 Å². The summed E-state index contributed by atoms with van der Waals surface area (Å²) in [5.74, 6) is 0.0315. The Morgan fingerprint density at radius 3 is 2.58 bits per heavy atom. The molecule has 1 unspecified atom stereocenters. The van der Waals surface area contributed by atoms with E-state index in [1.54, 1.807) is 0 Å². The van der Waals surface area contributed by atoms with Gasteiger partial charge < -0.3 is 24.7 Å². The number of hydrogen-bond acceptors (Lipinski definition) is 5. The third-order valence-electron chi connectivity index (χ3n) is 4.95. The van der Waals surface area contributed by atoms with Gasteiger partial charge in [-0.1, -0.05) is 49.6 Å². The van der Waals surface area contributed by atoms with Crippen LogP contribution < -0.4 is 10.6 Å². The van der Waals surface area contributed by atoms with Crippen LogP contribution in [-0.4, -0.2) is 50.0 Å². The average Bonchev–Trinajstić information content (AvgIpc) is 2.66. The number of carbonyl (C=O) groups excluding carboxylic acids is 1. The van der Waals surface area contributed by atoms with Crippen molar-refractivity contribution in [3.8, 4) is 0 Å². The van der Waals surface area contributed by atoms with E-state index in [9.17, 15) is 14.4 Å². The van der Waals surface area contributed by atoms with Gasteiger partial charge in [0.2, 0.25) is 5.91 Å². The highest BCUT2D eigenvalue weighted by atomic mass is 28.4. The molecular formula is C19H32N2O4Si. The number of nitrogens with one attached hydrogen (secondary N) is 2. The summed E-state index contributed by atoms with van der Waals surface area (Å²) in [6.45, 7) is 0.537. The van der Waals surface area contributed by atoms with E-state index in [-0.39, 0.29) is 24.0 Å². The van der Waals surface area contributed by atoms with Crippen LogP contribution in [-0.2, 0) is 15.6 Å². The van der Waals surface area contributed by atoms with E-state index in [0.717, 1.165) is 18.4 Å². The number of rotatable bonds is 10. The summed E-state index contributed by atoms with van der Waals surface area (Å²) in [5, 5.41) is 6.48. The van der Waals surface area contributed by atoms with Crippen molar-refractivity contribution in [2.24, 2.45) is 0 Å². The van der Waals surface area contributed by atoms with E-state index in [1.165, 1.54) is 26.4 Å². The SMILES string of the molecule is CO[Si](O)(O)CCCNC(Cc1ccccc1)C(=O)NC1CCCCC1. The van der Waals surface area contributed by atoms with E-state index in [4.69, 9.17) is 4.43 Å². The maximum atomic E-state index is 12.8. The molecule has 1 fully saturated rings. The number of hydrogen-bond donors (Lipinski definition) is 4. The second-order valence-corrected chi connectivity index (χ2v) is 9.49. The van der Waals surface area contributed by atoms with Crippen LogP contribution in [0, 0.1) is 0 Å². The summed E-state index contributed by atoms with van der Waals surface area (Å²) in [7, 11) is -2.21. The molecular weight excluding hydrogens is 348 g/mol. The molecule has 0 spiro atoms. The van der Waals surface area contributed by atoms with Gasteiger partial charge >= 0.3 is 8.80 Å². The van der Waals surface area contributed by atoms with Crippen LogP contribution >= 0.6 is 0 Å². The lowest BCUT2D eigenvalue weighted by molar-refractivity contribution is -0.124. The molecule has 1 aliphatic rings. The molecule has 0 saturated heterocycles. The fourth-order valence-electron chi connectivity index (χ4n) is 3.35. The van der Waals surface area contributed by atoms with Crippen molar-refractivity contribution in [3.05, 3.63) is 35.9 Å². The molecule has 2 rings (SSSR count). The minimum Gasteiger partial charge on any atom is -0.390 e. The third kappa shape index (κ3) is 7.55. The predicted octanol–water partition coefficient (Wildman–Crippen LogP) is 1.60. The highest BCUT2D eigenvalue weighted by molar-refractivity contribution is 6.57. The second kappa shape index (κ2) is 10.8. The Balaban J connectivity index is 1.88. The molecule has 0 heterocycles. The zero-order valence-corrected chi connectivity index (χ0v) is 16.6. The molecule has 1 aliphatic carbocycles. The maximum Gasteiger partial charge on any atom is 0.495 e. The third-order valence-corrected chi connectivity index (χ3v) is 6.61. The van der Waals surface area contributed by atoms with Crippen LogP contribution in [0.5, 0.6) is 0 Å². The highest BCUT2D eigenvalue weighted by Gasteiger charge is 2.30. The Morgan fingerprint density at radius 2 is 1.92 bits per heavy atom. The number of amides is 1. The Kier molecular flexibility index (Phi) is 8.74. The largest absolute Gasteiger partial charge is 0.495 e. The van der Waals surface area contributed by atoms with Crippen molar-refractivity contribution >= 4 is 14.7 Å². The molecule has 0 aliphatic heterocycles. The summed E-state index contributed by atoms with van der Waals surface area (Å²) in [5.41, 5.74) is 1.11. The van der Waals surface area contributed by atoms with E-state index in [2.05, 4.69) is 10.6 Å². The first-order chi connectivity index (χ1) is 12.5. The van der Waals surface area contributed by atoms with Gasteiger partial charge in [0.25, 0.3) is 0 Å². The fourth-order valence-corrected chi connectivity index (χ4v) is 4.19. The van der Waals surface area contributed by atoms with Crippen LogP contribution in [0.25, 0.3) is 0 Å². The van der Waals surface area contributed by atoms with E-state index < -0.39 is 8.80 Å². The molecule has 1 amide bonds. The fraction of sp³-hybridized carbons (Fsp3) is 0.632. The average molecular weight is 381 g/mol. The summed E-state index contributed by atoms with van der Waals surface area (Å²) in [6.07, 6.45) is 6.89.